The van der Waals surface area contributed by atoms with Crippen molar-refractivity contribution in [1.82, 2.24) is 14.5 Å². The molecule has 0 bridgehead atoms. The van der Waals surface area contributed by atoms with Crippen molar-refractivity contribution in [2.75, 3.05) is 17.8 Å². The van der Waals surface area contributed by atoms with Crippen molar-refractivity contribution in [2.45, 2.75) is 37.6 Å². The van der Waals surface area contributed by atoms with Gasteiger partial charge >= 0.3 is 15.2 Å². The minimum atomic E-state index is -4.87. The van der Waals surface area contributed by atoms with E-state index in [1.807, 2.05) is 6.92 Å². The first-order chi connectivity index (χ1) is 17.2. The quantitative estimate of drug-likeness (QED) is 0.185. The summed E-state index contributed by atoms with van der Waals surface area (Å²) in [6.07, 6.45) is -5.24. The summed E-state index contributed by atoms with van der Waals surface area (Å²) in [5.41, 5.74) is 0.919. The predicted octanol–water partition coefficient (Wildman–Crippen LogP) is 3.33. The Hall–Kier alpha value is -1.99. The van der Waals surface area contributed by atoms with Gasteiger partial charge in [-0.2, -0.15) is 4.98 Å². The topological polar surface area (TPSA) is 176 Å². The molecule has 1 aliphatic heterocycles. The maximum absolute atomic E-state index is 15.0. The molecule has 6 atom stereocenters. The fraction of sp³-hybridized carbons (Fsp3) is 0.400. The number of nitrogens with one attached hydrogen (secondary N) is 1. The standard InChI is InChI=1S/C20H23ClF2N4O8P2/c1-10(11-2-4-12(22)5-3-11)24-17-13-6-7-27(18(13)26-20(21)25-17)19-15(23)16(28)14(35-19)8-34-37(32,33)9-36(29,30)31/h2-7,10,14-16,19,28H,8-9H2,1H3,(H,32,33)(H,24,25,26)(H2,29,30,31)/t10-,14+,15-,16+,19+/m0/s1. The number of anilines is 1. The molecular weight excluding hydrogens is 560 g/mol. The Kier molecular flexibility index (Phi) is 8.06. The number of benzene rings is 1. The van der Waals surface area contributed by atoms with E-state index in [0.29, 0.717) is 11.2 Å². The van der Waals surface area contributed by atoms with Crippen LogP contribution in [0.15, 0.2) is 36.5 Å². The Morgan fingerprint density at radius 2 is 1.89 bits per heavy atom. The monoisotopic (exact) mass is 582 g/mol. The summed E-state index contributed by atoms with van der Waals surface area (Å²) in [5.74, 6) is -1.51. The smallest absolute Gasteiger partial charge is 0.340 e. The molecule has 5 N–H and O–H groups in total. The van der Waals surface area contributed by atoms with E-state index < -0.39 is 52.3 Å². The maximum Gasteiger partial charge on any atom is 0.340 e. The average Bonchev–Trinajstić information content (AvgIpc) is 3.32. The second-order valence-corrected chi connectivity index (χ2v) is 12.8. The zero-order valence-corrected chi connectivity index (χ0v) is 21.6. The van der Waals surface area contributed by atoms with E-state index >= 15 is 4.39 Å². The summed E-state index contributed by atoms with van der Waals surface area (Å²) in [4.78, 5) is 35.7. The highest BCUT2D eigenvalue weighted by Crippen LogP contribution is 2.55. The fourth-order valence-corrected chi connectivity index (χ4v) is 6.62. The molecule has 0 radical (unpaired) electrons. The zero-order chi connectivity index (χ0) is 27.1. The SMILES string of the molecule is C[C@H](Nc1nc(Cl)nc2c1ccn2[C@@H]1O[C@H](COP(=O)(O)CP(=O)(O)O)[C@@H](O)[C@@H]1F)c1ccc(F)cc1. The molecule has 0 aliphatic carbocycles. The molecule has 1 aromatic carbocycles. The van der Waals surface area contributed by atoms with E-state index in [9.17, 15) is 23.5 Å². The van der Waals surface area contributed by atoms with Crippen LogP contribution in [0.1, 0.15) is 24.8 Å². The first kappa shape index (κ1) is 28.0. The number of aliphatic hydroxyl groups is 1. The molecule has 1 saturated heterocycles. The highest BCUT2D eigenvalue weighted by Gasteiger charge is 2.47. The van der Waals surface area contributed by atoms with Crippen molar-refractivity contribution in [3.8, 4) is 0 Å². The van der Waals surface area contributed by atoms with Crippen LogP contribution in [0.3, 0.4) is 0 Å². The number of alkyl halides is 1. The van der Waals surface area contributed by atoms with Crippen molar-refractivity contribution < 1.29 is 47.0 Å². The fourth-order valence-electron chi connectivity index (χ4n) is 3.89. The number of aliphatic hydroxyl groups excluding tert-OH is 1. The van der Waals surface area contributed by atoms with Gasteiger partial charge in [-0.1, -0.05) is 12.1 Å². The molecule has 17 heteroatoms. The van der Waals surface area contributed by atoms with Crippen LogP contribution in [-0.2, 0) is 18.4 Å². The molecule has 0 spiro atoms. The number of rotatable bonds is 9. The van der Waals surface area contributed by atoms with Gasteiger partial charge < -0.3 is 38.9 Å². The van der Waals surface area contributed by atoms with E-state index in [4.69, 9.17) is 26.1 Å². The molecule has 2 aromatic heterocycles. The third-order valence-electron chi connectivity index (χ3n) is 5.64. The molecular formula is C20H23ClF2N4O8P2. The van der Waals surface area contributed by atoms with E-state index in [2.05, 4.69) is 19.8 Å². The van der Waals surface area contributed by atoms with Crippen LogP contribution in [-0.4, -0.2) is 65.2 Å². The third-order valence-corrected chi connectivity index (χ3v) is 9.26. The van der Waals surface area contributed by atoms with Gasteiger partial charge in [-0.3, -0.25) is 9.13 Å². The summed E-state index contributed by atoms with van der Waals surface area (Å²) in [6.45, 7) is 1.01. The van der Waals surface area contributed by atoms with Crippen LogP contribution in [0.4, 0.5) is 14.6 Å². The Balaban J connectivity index is 1.55. The molecule has 12 nitrogen and oxygen atoms in total. The number of ether oxygens (including phenoxy) is 1. The second kappa shape index (κ2) is 10.6. The molecule has 202 valence electrons. The van der Waals surface area contributed by atoms with Gasteiger partial charge in [-0.15, -0.1) is 0 Å². The molecule has 3 aromatic rings. The highest BCUT2D eigenvalue weighted by atomic mass is 35.5. The summed E-state index contributed by atoms with van der Waals surface area (Å²) in [7, 11) is -9.60. The van der Waals surface area contributed by atoms with Gasteiger partial charge in [0.1, 0.15) is 29.5 Å². The van der Waals surface area contributed by atoms with Crippen molar-refractivity contribution in [3.05, 3.63) is 53.2 Å². The Morgan fingerprint density at radius 3 is 2.54 bits per heavy atom. The lowest BCUT2D eigenvalue weighted by atomic mass is 10.1. The number of fused-ring (bicyclic) bond motifs is 1. The van der Waals surface area contributed by atoms with Gasteiger partial charge in [0, 0.05) is 12.2 Å². The molecule has 0 amide bonds. The van der Waals surface area contributed by atoms with Crippen LogP contribution >= 0.6 is 26.8 Å². The second-order valence-electron chi connectivity index (χ2n) is 8.46. The molecule has 37 heavy (non-hydrogen) atoms. The first-order valence-electron chi connectivity index (χ1n) is 10.8. The largest absolute Gasteiger partial charge is 0.387 e. The van der Waals surface area contributed by atoms with Crippen molar-refractivity contribution >= 4 is 43.6 Å². The molecule has 1 fully saturated rings. The van der Waals surface area contributed by atoms with Crippen LogP contribution in [0.25, 0.3) is 11.0 Å². The summed E-state index contributed by atoms with van der Waals surface area (Å²) >= 11 is 6.10. The third kappa shape index (κ3) is 6.54. The Morgan fingerprint density at radius 1 is 1.22 bits per heavy atom. The van der Waals surface area contributed by atoms with Crippen molar-refractivity contribution in [2.24, 2.45) is 0 Å². The Bertz CT molecular complexity index is 1370. The normalized spacial score (nSPS) is 24.8. The summed E-state index contributed by atoms with van der Waals surface area (Å²) in [5, 5.41) is 13.7. The lowest BCUT2D eigenvalue weighted by Crippen LogP contribution is -2.31. The van der Waals surface area contributed by atoms with Crippen LogP contribution in [0.5, 0.6) is 0 Å². The van der Waals surface area contributed by atoms with Gasteiger partial charge in [-0.05, 0) is 42.3 Å². The van der Waals surface area contributed by atoms with Gasteiger partial charge in [0.2, 0.25) is 5.28 Å². The first-order valence-corrected chi connectivity index (χ1v) is 14.7. The Labute approximate surface area is 213 Å². The lowest BCUT2D eigenvalue weighted by molar-refractivity contribution is -0.0423. The van der Waals surface area contributed by atoms with Gasteiger partial charge in [-0.25, -0.2) is 13.8 Å². The molecule has 1 unspecified atom stereocenters. The van der Waals surface area contributed by atoms with Gasteiger partial charge in [0.25, 0.3) is 0 Å². The minimum absolute atomic E-state index is 0.157. The minimum Gasteiger partial charge on any atom is -0.387 e. The zero-order valence-electron chi connectivity index (χ0n) is 19.1. The lowest BCUT2D eigenvalue weighted by Gasteiger charge is -2.19. The predicted molar refractivity (Wildman–Crippen MR) is 128 cm³/mol. The van der Waals surface area contributed by atoms with E-state index in [-0.39, 0.29) is 22.8 Å². The molecule has 0 saturated carbocycles. The number of halogens is 3. The van der Waals surface area contributed by atoms with Gasteiger partial charge in [0.15, 0.2) is 18.3 Å². The van der Waals surface area contributed by atoms with Crippen molar-refractivity contribution in [3.63, 3.8) is 0 Å². The number of nitrogens with zero attached hydrogens (tertiary/aromatic N) is 3. The van der Waals surface area contributed by atoms with E-state index in [1.165, 1.54) is 22.9 Å². The van der Waals surface area contributed by atoms with Crippen LogP contribution in [0, 0.1) is 5.82 Å². The van der Waals surface area contributed by atoms with Crippen LogP contribution < -0.4 is 5.32 Å². The maximum atomic E-state index is 15.0. The number of aromatic nitrogens is 3. The van der Waals surface area contributed by atoms with E-state index in [0.717, 1.165) is 5.56 Å². The molecule has 1 aliphatic rings. The molecule has 3 heterocycles. The average molecular weight is 583 g/mol. The number of hydrogen-bond donors (Lipinski definition) is 5. The van der Waals surface area contributed by atoms with Gasteiger partial charge in [0.05, 0.1) is 12.0 Å². The van der Waals surface area contributed by atoms with E-state index in [1.54, 1.807) is 18.2 Å². The van der Waals surface area contributed by atoms with Crippen LogP contribution in [0.2, 0.25) is 5.28 Å². The van der Waals surface area contributed by atoms with Crippen molar-refractivity contribution in [1.29, 1.82) is 0 Å². The summed E-state index contributed by atoms with van der Waals surface area (Å²) < 4.78 is 62.7. The number of hydrogen-bond acceptors (Lipinski definition) is 8. The highest BCUT2D eigenvalue weighted by molar-refractivity contribution is 7.70. The molecule has 4 rings (SSSR count). The summed E-state index contributed by atoms with van der Waals surface area (Å²) in [6, 6.07) is 7.09.